The number of hydrogen-bond acceptors (Lipinski definition) is 5. The molecule has 0 fully saturated rings. The molecule has 0 aliphatic carbocycles. The predicted octanol–water partition coefficient (Wildman–Crippen LogP) is -0.668. The maximum absolute atomic E-state index is 11.4. The molecule has 0 unspecified atom stereocenters. The van der Waals surface area contributed by atoms with Crippen molar-refractivity contribution in [1.82, 2.24) is 5.32 Å². The van der Waals surface area contributed by atoms with Gasteiger partial charge in [-0.2, -0.15) is 8.42 Å². The van der Waals surface area contributed by atoms with Crippen LogP contribution in [0.25, 0.3) is 0 Å². The van der Waals surface area contributed by atoms with Crippen LogP contribution in [0, 0.1) is 0 Å². The standard InChI is InChI=1S/C8H15NO6S/c1-4-15-6(10)5-9-7(11)8(2,3)16(12,13)14/h4-5H2,1-3H3,(H,9,11)(H,12,13,14). The van der Waals surface area contributed by atoms with Crippen molar-refractivity contribution in [3.8, 4) is 0 Å². The first kappa shape index (κ1) is 14.8. The molecule has 0 saturated carbocycles. The molecule has 0 aromatic rings. The van der Waals surface area contributed by atoms with Crippen molar-refractivity contribution < 1.29 is 27.3 Å². The Morgan fingerprint density at radius 3 is 2.25 bits per heavy atom. The summed E-state index contributed by atoms with van der Waals surface area (Å²) in [7, 11) is -4.53. The van der Waals surface area contributed by atoms with Gasteiger partial charge in [-0.1, -0.05) is 0 Å². The molecule has 0 atom stereocenters. The monoisotopic (exact) mass is 253 g/mol. The Morgan fingerprint density at radius 1 is 1.38 bits per heavy atom. The molecule has 0 spiro atoms. The molecule has 0 rings (SSSR count). The second-order valence-corrected chi connectivity index (χ2v) is 5.44. The maximum atomic E-state index is 11.4. The van der Waals surface area contributed by atoms with Gasteiger partial charge < -0.3 is 10.1 Å². The van der Waals surface area contributed by atoms with Crippen LogP contribution in [0.1, 0.15) is 20.8 Å². The van der Waals surface area contributed by atoms with E-state index >= 15 is 0 Å². The zero-order valence-corrected chi connectivity index (χ0v) is 10.1. The van der Waals surface area contributed by atoms with Crippen molar-refractivity contribution in [1.29, 1.82) is 0 Å². The van der Waals surface area contributed by atoms with Gasteiger partial charge in [-0.25, -0.2) is 0 Å². The Labute approximate surface area is 93.9 Å². The molecule has 7 nitrogen and oxygen atoms in total. The van der Waals surface area contributed by atoms with Gasteiger partial charge in [-0.15, -0.1) is 0 Å². The summed E-state index contributed by atoms with van der Waals surface area (Å²) in [5, 5.41) is 2.06. The van der Waals surface area contributed by atoms with Crippen molar-refractivity contribution >= 4 is 22.0 Å². The minimum atomic E-state index is -4.53. The molecule has 0 bridgehead atoms. The number of ether oxygens (including phenoxy) is 1. The summed E-state index contributed by atoms with van der Waals surface area (Å²) >= 11 is 0. The minimum Gasteiger partial charge on any atom is -0.465 e. The van der Waals surface area contributed by atoms with E-state index in [1.54, 1.807) is 6.92 Å². The van der Waals surface area contributed by atoms with Gasteiger partial charge >= 0.3 is 5.97 Å². The SMILES string of the molecule is CCOC(=O)CNC(=O)C(C)(C)S(=O)(=O)O. The molecule has 1 amide bonds. The molecule has 0 aromatic carbocycles. The normalized spacial score (nSPS) is 12.0. The Hall–Kier alpha value is -1.15. The van der Waals surface area contributed by atoms with E-state index in [2.05, 4.69) is 10.1 Å². The second kappa shape index (κ2) is 5.26. The fraction of sp³-hybridized carbons (Fsp3) is 0.750. The van der Waals surface area contributed by atoms with Crippen LogP contribution >= 0.6 is 0 Å². The van der Waals surface area contributed by atoms with Gasteiger partial charge in [-0.3, -0.25) is 14.1 Å². The molecule has 2 N–H and O–H groups in total. The summed E-state index contributed by atoms with van der Waals surface area (Å²) in [6, 6.07) is 0. The highest BCUT2D eigenvalue weighted by atomic mass is 32.2. The highest BCUT2D eigenvalue weighted by Crippen LogP contribution is 2.14. The summed E-state index contributed by atoms with van der Waals surface area (Å²) in [5.41, 5.74) is 0. The summed E-state index contributed by atoms with van der Waals surface area (Å²) in [5.74, 6) is -1.65. The molecule has 8 heteroatoms. The average Bonchev–Trinajstić information content (AvgIpc) is 2.12. The fourth-order valence-corrected chi connectivity index (χ4v) is 1.00. The van der Waals surface area contributed by atoms with E-state index in [-0.39, 0.29) is 6.61 Å². The van der Waals surface area contributed by atoms with Crippen LogP contribution in [0.3, 0.4) is 0 Å². The Bertz CT molecular complexity index is 372. The highest BCUT2D eigenvalue weighted by molar-refractivity contribution is 7.88. The van der Waals surface area contributed by atoms with Gasteiger partial charge in [0.2, 0.25) is 5.91 Å². The molecular formula is C8H15NO6S. The lowest BCUT2D eigenvalue weighted by atomic mass is 10.2. The first-order chi connectivity index (χ1) is 7.13. The van der Waals surface area contributed by atoms with E-state index in [0.29, 0.717) is 0 Å². The van der Waals surface area contributed by atoms with Crippen LogP contribution in [-0.4, -0.2) is 42.7 Å². The van der Waals surface area contributed by atoms with Crippen LogP contribution in [0.5, 0.6) is 0 Å². The maximum Gasteiger partial charge on any atom is 0.325 e. The summed E-state index contributed by atoms with van der Waals surface area (Å²) in [4.78, 5) is 22.2. The molecule has 16 heavy (non-hydrogen) atoms. The number of esters is 1. The topological polar surface area (TPSA) is 110 Å². The van der Waals surface area contributed by atoms with Gasteiger partial charge in [0, 0.05) is 0 Å². The number of carbonyl (C=O) groups excluding carboxylic acids is 2. The van der Waals surface area contributed by atoms with Crippen molar-refractivity contribution in [3.05, 3.63) is 0 Å². The van der Waals surface area contributed by atoms with Crippen molar-refractivity contribution in [3.63, 3.8) is 0 Å². The lowest BCUT2D eigenvalue weighted by Gasteiger charge is -2.19. The molecule has 0 saturated heterocycles. The quantitative estimate of drug-likeness (QED) is 0.497. The van der Waals surface area contributed by atoms with E-state index in [4.69, 9.17) is 4.55 Å². The average molecular weight is 253 g/mol. The van der Waals surface area contributed by atoms with Crippen LogP contribution in [0.2, 0.25) is 0 Å². The Balaban J connectivity index is 4.44. The molecular weight excluding hydrogens is 238 g/mol. The molecule has 0 aliphatic heterocycles. The van der Waals surface area contributed by atoms with Crippen LogP contribution in [0.4, 0.5) is 0 Å². The van der Waals surface area contributed by atoms with Gasteiger partial charge in [0.15, 0.2) is 4.75 Å². The molecule has 0 heterocycles. The van der Waals surface area contributed by atoms with E-state index in [0.717, 1.165) is 13.8 Å². The van der Waals surface area contributed by atoms with Crippen molar-refractivity contribution in [2.24, 2.45) is 0 Å². The van der Waals surface area contributed by atoms with Gasteiger partial charge in [0.1, 0.15) is 6.54 Å². The van der Waals surface area contributed by atoms with Gasteiger partial charge in [-0.05, 0) is 20.8 Å². The molecule has 94 valence electrons. The van der Waals surface area contributed by atoms with E-state index < -0.39 is 33.3 Å². The van der Waals surface area contributed by atoms with E-state index in [1.165, 1.54) is 0 Å². The van der Waals surface area contributed by atoms with Crippen molar-refractivity contribution in [2.45, 2.75) is 25.5 Å². The predicted molar refractivity (Wildman–Crippen MR) is 55.3 cm³/mol. The smallest absolute Gasteiger partial charge is 0.325 e. The second-order valence-electron chi connectivity index (χ2n) is 3.47. The third kappa shape index (κ3) is 3.78. The molecule has 0 aliphatic rings. The number of nitrogens with one attached hydrogen (secondary N) is 1. The van der Waals surface area contributed by atoms with Gasteiger partial charge in [0.25, 0.3) is 10.1 Å². The largest absolute Gasteiger partial charge is 0.465 e. The number of carbonyl (C=O) groups is 2. The van der Waals surface area contributed by atoms with Crippen LogP contribution in [0.15, 0.2) is 0 Å². The highest BCUT2D eigenvalue weighted by Gasteiger charge is 2.40. The third-order valence-electron chi connectivity index (χ3n) is 1.89. The third-order valence-corrected chi connectivity index (χ3v) is 3.37. The Kier molecular flexibility index (Phi) is 4.88. The number of amides is 1. The summed E-state index contributed by atoms with van der Waals surface area (Å²) in [6.45, 7) is 3.38. The summed E-state index contributed by atoms with van der Waals surface area (Å²) in [6.07, 6.45) is 0. The number of rotatable bonds is 5. The molecule has 0 radical (unpaired) electrons. The first-order valence-corrected chi connectivity index (χ1v) is 5.98. The minimum absolute atomic E-state index is 0.163. The first-order valence-electron chi connectivity index (χ1n) is 4.54. The van der Waals surface area contributed by atoms with Crippen molar-refractivity contribution in [2.75, 3.05) is 13.2 Å². The lowest BCUT2D eigenvalue weighted by Crippen LogP contribution is -2.49. The van der Waals surface area contributed by atoms with Gasteiger partial charge in [0.05, 0.1) is 6.61 Å². The number of hydrogen-bond donors (Lipinski definition) is 2. The zero-order valence-electron chi connectivity index (χ0n) is 9.31. The van der Waals surface area contributed by atoms with Crippen LogP contribution < -0.4 is 5.32 Å². The Morgan fingerprint density at radius 2 is 1.88 bits per heavy atom. The fourth-order valence-electron chi connectivity index (χ4n) is 0.694. The molecule has 0 aromatic heterocycles. The van der Waals surface area contributed by atoms with E-state index in [9.17, 15) is 18.0 Å². The zero-order chi connectivity index (χ0) is 13.0. The summed E-state index contributed by atoms with van der Waals surface area (Å²) < 4.78 is 33.0. The van der Waals surface area contributed by atoms with E-state index in [1.807, 2.05) is 0 Å². The lowest BCUT2D eigenvalue weighted by molar-refractivity contribution is -0.143. The van der Waals surface area contributed by atoms with Crippen LogP contribution in [-0.2, 0) is 24.4 Å².